The predicted octanol–water partition coefficient (Wildman–Crippen LogP) is 2.94. The molecule has 158 valence electrons. The van der Waals surface area contributed by atoms with Gasteiger partial charge < -0.3 is 15.2 Å². The van der Waals surface area contributed by atoms with Gasteiger partial charge in [0, 0.05) is 24.0 Å². The lowest BCUT2D eigenvalue weighted by molar-refractivity contribution is -0.119. The lowest BCUT2D eigenvalue weighted by Crippen LogP contribution is -2.45. The summed E-state index contributed by atoms with van der Waals surface area (Å²) >= 11 is 3.15. The third-order valence-electron chi connectivity index (χ3n) is 5.78. The Bertz CT molecular complexity index is 939. The van der Waals surface area contributed by atoms with Crippen LogP contribution in [-0.4, -0.2) is 52.2 Å². The van der Waals surface area contributed by atoms with Crippen LogP contribution in [0, 0.1) is 5.92 Å². The Hall–Kier alpha value is -1.38. The molecule has 2 aromatic rings. The van der Waals surface area contributed by atoms with Crippen LogP contribution in [0.5, 0.6) is 0 Å². The van der Waals surface area contributed by atoms with E-state index in [2.05, 4.69) is 34.0 Å². The molecule has 0 spiro atoms. The van der Waals surface area contributed by atoms with Gasteiger partial charge in [0.25, 0.3) is 5.56 Å². The Morgan fingerprint density at radius 3 is 3.10 bits per heavy atom. The highest BCUT2D eigenvalue weighted by Gasteiger charge is 2.21. The van der Waals surface area contributed by atoms with Crippen LogP contribution in [0.3, 0.4) is 0 Å². The van der Waals surface area contributed by atoms with Crippen LogP contribution in [0.15, 0.2) is 4.79 Å². The van der Waals surface area contributed by atoms with Gasteiger partial charge in [-0.05, 0) is 57.1 Å². The van der Waals surface area contributed by atoms with Crippen molar-refractivity contribution in [1.29, 1.82) is 0 Å². The largest absolute Gasteiger partial charge is 0.352 e. The number of carbonyl (C=O) groups is 1. The average Bonchev–Trinajstić information content (AvgIpc) is 3.22. The molecule has 0 radical (unpaired) electrons. The molecule has 1 fully saturated rings. The van der Waals surface area contributed by atoms with Gasteiger partial charge in [-0.2, -0.15) is 0 Å². The maximum atomic E-state index is 12.5. The number of carbonyl (C=O) groups excluding carboxylic acids is 1. The molecule has 4 rings (SSSR count). The van der Waals surface area contributed by atoms with Gasteiger partial charge in [-0.15, -0.1) is 23.1 Å². The highest BCUT2D eigenvalue weighted by molar-refractivity contribution is 7.99. The summed E-state index contributed by atoms with van der Waals surface area (Å²) in [6, 6.07) is 0.149. The molecule has 2 atom stereocenters. The Balaban J connectivity index is 1.25. The zero-order valence-electron chi connectivity index (χ0n) is 17.3. The van der Waals surface area contributed by atoms with Gasteiger partial charge in [0.05, 0.1) is 16.9 Å². The number of likely N-dealkylation sites (tertiary alicyclic amines) is 1. The first kappa shape index (κ1) is 20.9. The van der Waals surface area contributed by atoms with Crippen molar-refractivity contribution in [1.82, 2.24) is 20.2 Å². The number of aryl methyl sites for hydroxylation is 2. The number of rotatable bonds is 7. The number of H-pyrrole nitrogens is 1. The molecule has 1 aliphatic carbocycles. The number of piperidine rings is 1. The van der Waals surface area contributed by atoms with Crippen molar-refractivity contribution in [3.63, 3.8) is 0 Å². The molecule has 1 aliphatic heterocycles. The van der Waals surface area contributed by atoms with E-state index in [9.17, 15) is 9.59 Å². The number of nitrogens with zero attached hydrogens (tertiary/aromatic N) is 2. The van der Waals surface area contributed by atoms with E-state index in [4.69, 9.17) is 0 Å². The van der Waals surface area contributed by atoms with Crippen molar-refractivity contribution in [2.24, 2.45) is 5.92 Å². The smallest absolute Gasteiger partial charge is 0.259 e. The zero-order chi connectivity index (χ0) is 20.4. The third kappa shape index (κ3) is 5.03. The van der Waals surface area contributed by atoms with Gasteiger partial charge in [0.2, 0.25) is 5.91 Å². The number of aromatic amines is 1. The number of amides is 1. The lowest BCUT2D eigenvalue weighted by Gasteiger charge is -2.32. The van der Waals surface area contributed by atoms with Gasteiger partial charge in [0.15, 0.2) is 0 Å². The molecule has 6 nitrogen and oxygen atoms in total. The first-order valence-corrected chi connectivity index (χ1v) is 12.6. The number of hydrogen-bond donors (Lipinski definition) is 2. The summed E-state index contributed by atoms with van der Waals surface area (Å²) in [7, 11) is 0. The quantitative estimate of drug-likeness (QED) is 0.701. The minimum Gasteiger partial charge on any atom is -0.352 e. The maximum Gasteiger partial charge on any atom is 0.259 e. The Morgan fingerprint density at radius 2 is 2.28 bits per heavy atom. The van der Waals surface area contributed by atoms with Crippen LogP contribution in [0.1, 0.15) is 49.4 Å². The third-order valence-corrected chi connectivity index (χ3v) is 7.91. The van der Waals surface area contributed by atoms with Crippen LogP contribution in [0.2, 0.25) is 0 Å². The number of fused-ring (bicyclic) bond motifs is 3. The van der Waals surface area contributed by atoms with Crippen LogP contribution >= 0.6 is 23.1 Å². The van der Waals surface area contributed by atoms with Gasteiger partial charge in [-0.25, -0.2) is 4.98 Å². The standard InChI is InChI=1S/C21H30N4O2S2/c1-13-5-4-8-25(9-13)10-14(2)22-18(26)12-28-11-17-23-20(27)19-15-6-3-7-16(15)29-21(19)24-17/h13-14H,3-12H2,1-2H3,(H,22,26)(H,23,24,27). The first-order chi connectivity index (χ1) is 14.0. The molecule has 2 unspecified atom stereocenters. The maximum absolute atomic E-state index is 12.5. The average molecular weight is 435 g/mol. The SMILES string of the molecule is CC1CCCN(CC(C)NC(=O)CSCc2nc3sc4c(c3c(=O)[nH]2)CCC4)C1. The van der Waals surface area contributed by atoms with E-state index in [0.717, 1.165) is 55.0 Å². The number of thioether (sulfide) groups is 1. The molecule has 8 heteroatoms. The summed E-state index contributed by atoms with van der Waals surface area (Å²) in [5.41, 5.74) is 1.17. The second kappa shape index (κ2) is 9.18. The molecular weight excluding hydrogens is 404 g/mol. The molecule has 0 bridgehead atoms. The number of hydrogen-bond acceptors (Lipinski definition) is 6. The molecule has 1 saturated heterocycles. The summed E-state index contributed by atoms with van der Waals surface area (Å²) in [5.74, 6) is 2.38. The summed E-state index contributed by atoms with van der Waals surface area (Å²) in [6.45, 7) is 7.54. The van der Waals surface area contributed by atoms with Gasteiger partial charge >= 0.3 is 0 Å². The molecule has 2 aromatic heterocycles. The molecular formula is C21H30N4O2S2. The second-order valence-corrected chi connectivity index (χ2v) is 10.6. The first-order valence-electron chi connectivity index (χ1n) is 10.6. The molecule has 1 amide bonds. The minimum absolute atomic E-state index is 0.0289. The molecule has 0 saturated carbocycles. The van der Waals surface area contributed by atoms with E-state index in [1.807, 2.05) is 0 Å². The van der Waals surface area contributed by atoms with Gasteiger partial charge in [0.1, 0.15) is 10.7 Å². The van der Waals surface area contributed by atoms with E-state index in [-0.39, 0.29) is 17.5 Å². The van der Waals surface area contributed by atoms with Crippen molar-refractivity contribution in [3.05, 3.63) is 26.6 Å². The minimum atomic E-state index is -0.0289. The summed E-state index contributed by atoms with van der Waals surface area (Å²) in [4.78, 5) is 37.0. The fourth-order valence-corrected chi connectivity index (χ4v) is 6.54. The van der Waals surface area contributed by atoms with Crippen molar-refractivity contribution >= 4 is 39.2 Å². The van der Waals surface area contributed by atoms with Crippen LogP contribution < -0.4 is 10.9 Å². The van der Waals surface area contributed by atoms with Gasteiger partial charge in [-0.3, -0.25) is 9.59 Å². The summed E-state index contributed by atoms with van der Waals surface area (Å²) in [5, 5.41) is 3.89. The fraction of sp³-hybridized carbons (Fsp3) is 0.667. The van der Waals surface area contributed by atoms with E-state index in [0.29, 0.717) is 17.3 Å². The number of aromatic nitrogens is 2. The van der Waals surface area contributed by atoms with Crippen molar-refractivity contribution in [3.8, 4) is 0 Å². The molecule has 29 heavy (non-hydrogen) atoms. The lowest BCUT2D eigenvalue weighted by atomic mass is 10.00. The molecule has 0 aromatic carbocycles. The van der Waals surface area contributed by atoms with E-state index < -0.39 is 0 Å². The summed E-state index contributed by atoms with van der Waals surface area (Å²) < 4.78 is 0. The highest BCUT2D eigenvalue weighted by atomic mass is 32.2. The van der Waals surface area contributed by atoms with Crippen molar-refractivity contribution in [2.75, 3.05) is 25.4 Å². The highest BCUT2D eigenvalue weighted by Crippen LogP contribution is 2.34. The van der Waals surface area contributed by atoms with E-state index in [1.54, 1.807) is 11.3 Å². The monoisotopic (exact) mass is 434 g/mol. The normalized spacial score (nSPS) is 20.7. The van der Waals surface area contributed by atoms with Crippen molar-refractivity contribution < 1.29 is 4.79 Å². The van der Waals surface area contributed by atoms with E-state index >= 15 is 0 Å². The molecule has 3 heterocycles. The number of thiophene rings is 1. The van der Waals surface area contributed by atoms with Crippen LogP contribution in [0.25, 0.3) is 10.2 Å². The fourth-order valence-electron chi connectivity index (χ4n) is 4.56. The predicted molar refractivity (Wildman–Crippen MR) is 121 cm³/mol. The number of nitrogens with one attached hydrogen (secondary N) is 2. The molecule has 2 N–H and O–H groups in total. The van der Waals surface area contributed by atoms with Gasteiger partial charge in [-0.1, -0.05) is 6.92 Å². The summed E-state index contributed by atoms with van der Waals surface area (Å²) in [6.07, 6.45) is 5.75. The van der Waals surface area contributed by atoms with Crippen LogP contribution in [0.4, 0.5) is 0 Å². The topological polar surface area (TPSA) is 78.1 Å². The van der Waals surface area contributed by atoms with E-state index in [1.165, 1.54) is 35.0 Å². The van der Waals surface area contributed by atoms with Crippen LogP contribution in [-0.2, 0) is 23.4 Å². The molecule has 2 aliphatic rings. The Morgan fingerprint density at radius 1 is 1.41 bits per heavy atom. The Kier molecular flexibility index (Phi) is 6.61. The van der Waals surface area contributed by atoms with Crippen molar-refractivity contribution in [2.45, 2.75) is 57.7 Å². The zero-order valence-corrected chi connectivity index (χ0v) is 18.9. The Labute approximate surface area is 179 Å². The second-order valence-electron chi connectivity index (χ2n) is 8.52.